The molecule has 1 N–H and O–H groups in total. The minimum absolute atomic E-state index is 0.153. The number of thiophene rings is 1. The Balaban J connectivity index is 1.64. The lowest BCUT2D eigenvalue weighted by Gasteiger charge is -2.16. The summed E-state index contributed by atoms with van der Waals surface area (Å²) >= 11 is 7.71. The number of hydrogen-bond acceptors (Lipinski definition) is 5. The number of halogens is 1. The molecule has 0 spiro atoms. The fourth-order valence-electron chi connectivity index (χ4n) is 3.55. The number of carbonyl (C=O) groups is 1. The first kappa shape index (κ1) is 19.0. The van der Waals surface area contributed by atoms with Gasteiger partial charge in [-0.2, -0.15) is 0 Å². The van der Waals surface area contributed by atoms with E-state index in [2.05, 4.69) is 10.3 Å². The molecular weight excluding hydrogens is 398 g/mol. The zero-order valence-corrected chi connectivity index (χ0v) is 17.2. The average Bonchev–Trinajstić information content (AvgIpc) is 3.07. The number of rotatable bonds is 4. The lowest BCUT2D eigenvalue weighted by atomic mass is 9.97. The molecule has 6 nitrogen and oxygen atoms in total. The predicted octanol–water partition coefficient (Wildman–Crippen LogP) is 4.20. The summed E-state index contributed by atoms with van der Waals surface area (Å²) in [6, 6.07) is 4.30. The van der Waals surface area contributed by atoms with Gasteiger partial charge in [-0.3, -0.25) is 14.2 Å². The molecule has 2 heterocycles. The maximum absolute atomic E-state index is 13.1. The number of aryl methyl sites for hydroxylation is 2. The summed E-state index contributed by atoms with van der Waals surface area (Å²) in [4.78, 5) is 32.3. The van der Waals surface area contributed by atoms with Crippen LogP contribution in [0.4, 0.5) is 5.69 Å². The molecule has 4 rings (SSSR count). The SMILES string of the molecule is COc1ccc(NC(=O)C(C)n2cnc3sc4c(c3c2=O)CCCC4)cc1Cl. The third-order valence-electron chi connectivity index (χ3n) is 5.12. The summed E-state index contributed by atoms with van der Waals surface area (Å²) in [5.74, 6) is 0.217. The minimum atomic E-state index is -0.704. The molecule has 0 fully saturated rings. The second-order valence-electron chi connectivity index (χ2n) is 6.86. The van der Waals surface area contributed by atoms with Gasteiger partial charge in [0, 0.05) is 10.6 Å². The highest BCUT2D eigenvalue weighted by Gasteiger charge is 2.23. The summed E-state index contributed by atoms with van der Waals surface area (Å²) in [6.07, 6.45) is 5.61. The average molecular weight is 418 g/mol. The summed E-state index contributed by atoms with van der Waals surface area (Å²) in [7, 11) is 1.53. The monoisotopic (exact) mass is 417 g/mol. The number of hydrogen-bond donors (Lipinski definition) is 1. The van der Waals surface area contributed by atoms with Crippen LogP contribution in [0, 0.1) is 0 Å². The molecule has 2 aromatic heterocycles. The third kappa shape index (κ3) is 3.29. The van der Waals surface area contributed by atoms with Gasteiger partial charge in [-0.05, 0) is 56.4 Å². The summed E-state index contributed by atoms with van der Waals surface area (Å²) < 4.78 is 6.53. The molecule has 0 radical (unpaired) electrons. The Morgan fingerprint density at radius 2 is 2.14 bits per heavy atom. The van der Waals surface area contributed by atoms with Gasteiger partial charge in [0.05, 0.1) is 23.8 Å². The molecule has 1 amide bonds. The Bertz CT molecular complexity index is 1120. The molecule has 1 aromatic carbocycles. The fourth-order valence-corrected chi connectivity index (χ4v) is 5.03. The van der Waals surface area contributed by atoms with Gasteiger partial charge in [0.25, 0.3) is 5.56 Å². The van der Waals surface area contributed by atoms with Crippen molar-refractivity contribution in [1.29, 1.82) is 0 Å². The van der Waals surface area contributed by atoms with Gasteiger partial charge >= 0.3 is 0 Å². The van der Waals surface area contributed by atoms with Crippen LogP contribution >= 0.6 is 22.9 Å². The van der Waals surface area contributed by atoms with E-state index in [1.807, 2.05) is 0 Å². The van der Waals surface area contributed by atoms with E-state index in [1.165, 1.54) is 22.9 Å². The number of methoxy groups -OCH3 is 1. The van der Waals surface area contributed by atoms with Crippen LogP contribution in [-0.4, -0.2) is 22.6 Å². The van der Waals surface area contributed by atoms with E-state index < -0.39 is 6.04 Å². The van der Waals surface area contributed by atoms with Crippen LogP contribution in [-0.2, 0) is 17.6 Å². The second kappa shape index (κ2) is 7.56. The van der Waals surface area contributed by atoms with Gasteiger partial charge in [0.1, 0.15) is 16.6 Å². The number of anilines is 1. The van der Waals surface area contributed by atoms with Crippen LogP contribution in [0.15, 0.2) is 29.3 Å². The first-order valence-electron chi connectivity index (χ1n) is 9.15. The van der Waals surface area contributed by atoms with Crippen molar-refractivity contribution in [2.45, 2.75) is 38.6 Å². The lowest BCUT2D eigenvalue weighted by molar-refractivity contribution is -0.118. The van der Waals surface area contributed by atoms with Crippen LogP contribution in [0.5, 0.6) is 5.75 Å². The molecule has 28 heavy (non-hydrogen) atoms. The van der Waals surface area contributed by atoms with E-state index in [4.69, 9.17) is 16.3 Å². The van der Waals surface area contributed by atoms with Gasteiger partial charge in [-0.25, -0.2) is 4.98 Å². The second-order valence-corrected chi connectivity index (χ2v) is 8.35. The Hall–Kier alpha value is -2.38. The Labute approximate surface area is 171 Å². The van der Waals surface area contributed by atoms with Crippen LogP contribution in [0.3, 0.4) is 0 Å². The number of aromatic nitrogens is 2. The van der Waals surface area contributed by atoms with E-state index in [1.54, 1.807) is 36.5 Å². The van der Waals surface area contributed by atoms with Crippen molar-refractivity contribution in [3.63, 3.8) is 0 Å². The van der Waals surface area contributed by atoms with Crippen molar-refractivity contribution < 1.29 is 9.53 Å². The summed E-state index contributed by atoms with van der Waals surface area (Å²) in [6.45, 7) is 1.69. The van der Waals surface area contributed by atoms with E-state index in [0.29, 0.717) is 21.8 Å². The van der Waals surface area contributed by atoms with Crippen LogP contribution < -0.4 is 15.6 Å². The predicted molar refractivity (Wildman–Crippen MR) is 112 cm³/mol. The van der Waals surface area contributed by atoms with Gasteiger partial charge in [0.15, 0.2) is 0 Å². The van der Waals surface area contributed by atoms with Crippen LogP contribution in [0.1, 0.15) is 36.2 Å². The number of ether oxygens (including phenoxy) is 1. The lowest BCUT2D eigenvalue weighted by Crippen LogP contribution is -2.32. The molecule has 0 aliphatic heterocycles. The molecule has 1 aliphatic rings. The minimum Gasteiger partial charge on any atom is -0.495 e. The van der Waals surface area contributed by atoms with Crippen LogP contribution in [0.2, 0.25) is 5.02 Å². The molecule has 0 saturated carbocycles. The van der Waals surface area contributed by atoms with Gasteiger partial charge < -0.3 is 10.1 Å². The summed E-state index contributed by atoms with van der Waals surface area (Å²) in [5.41, 5.74) is 1.50. The third-order valence-corrected chi connectivity index (χ3v) is 6.61. The molecule has 0 saturated heterocycles. The molecule has 1 atom stereocenters. The molecule has 0 bridgehead atoms. The number of nitrogens with one attached hydrogen (secondary N) is 1. The van der Waals surface area contributed by atoms with E-state index in [0.717, 1.165) is 36.1 Å². The number of benzene rings is 1. The number of amides is 1. The number of nitrogens with zero attached hydrogens (tertiary/aromatic N) is 2. The normalized spacial score (nSPS) is 14.5. The topological polar surface area (TPSA) is 73.2 Å². The van der Waals surface area contributed by atoms with Crippen molar-refractivity contribution in [3.05, 3.63) is 50.3 Å². The Kier molecular flexibility index (Phi) is 5.12. The quantitative estimate of drug-likeness (QED) is 0.690. The zero-order valence-electron chi connectivity index (χ0n) is 15.6. The first-order chi connectivity index (χ1) is 13.5. The molecule has 1 unspecified atom stereocenters. The number of carbonyl (C=O) groups excluding carboxylic acids is 1. The zero-order chi connectivity index (χ0) is 19.8. The molecule has 1 aliphatic carbocycles. The maximum Gasteiger partial charge on any atom is 0.263 e. The van der Waals surface area contributed by atoms with Crippen molar-refractivity contribution in [3.8, 4) is 5.75 Å². The van der Waals surface area contributed by atoms with Gasteiger partial charge in [-0.15, -0.1) is 11.3 Å². The molecule has 8 heteroatoms. The van der Waals surface area contributed by atoms with Gasteiger partial charge in [-0.1, -0.05) is 11.6 Å². The van der Waals surface area contributed by atoms with E-state index in [9.17, 15) is 9.59 Å². The number of fused-ring (bicyclic) bond motifs is 3. The van der Waals surface area contributed by atoms with Crippen molar-refractivity contribution >= 4 is 44.7 Å². The maximum atomic E-state index is 13.1. The van der Waals surface area contributed by atoms with Gasteiger partial charge in [0.2, 0.25) is 5.91 Å². The standard InChI is InChI=1S/C20H20ClN3O3S/c1-11(18(25)23-12-7-8-15(27-2)14(21)9-12)24-10-22-19-17(20(24)26)13-5-3-4-6-16(13)28-19/h7-11H,3-6H2,1-2H3,(H,23,25). The molecule has 3 aromatic rings. The first-order valence-corrected chi connectivity index (χ1v) is 10.3. The van der Waals surface area contributed by atoms with E-state index >= 15 is 0 Å². The van der Waals surface area contributed by atoms with E-state index in [-0.39, 0.29) is 11.5 Å². The Morgan fingerprint density at radius 1 is 1.36 bits per heavy atom. The molecular formula is C20H20ClN3O3S. The smallest absolute Gasteiger partial charge is 0.263 e. The Morgan fingerprint density at radius 3 is 2.89 bits per heavy atom. The summed E-state index contributed by atoms with van der Waals surface area (Å²) in [5, 5.41) is 3.88. The van der Waals surface area contributed by atoms with Crippen molar-refractivity contribution in [1.82, 2.24) is 9.55 Å². The largest absolute Gasteiger partial charge is 0.495 e. The fraction of sp³-hybridized carbons (Fsp3) is 0.350. The highest BCUT2D eigenvalue weighted by atomic mass is 35.5. The van der Waals surface area contributed by atoms with Crippen LogP contribution in [0.25, 0.3) is 10.2 Å². The highest BCUT2D eigenvalue weighted by Crippen LogP contribution is 2.33. The molecule has 146 valence electrons. The van der Waals surface area contributed by atoms with Crippen molar-refractivity contribution in [2.75, 3.05) is 12.4 Å². The van der Waals surface area contributed by atoms with Crippen molar-refractivity contribution in [2.24, 2.45) is 0 Å². The highest BCUT2D eigenvalue weighted by molar-refractivity contribution is 7.18.